The van der Waals surface area contributed by atoms with Crippen LogP contribution in [0.15, 0.2) is 24.3 Å². The number of hydrogen-bond acceptors (Lipinski definition) is 5. The number of para-hydroxylation sites is 1. The minimum Gasteiger partial charge on any atom is -0.460 e. The molecule has 0 fully saturated rings. The molecule has 0 radical (unpaired) electrons. The van der Waals surface area contributed by atoms with Crippen molar-refractivity contribution in [1.82, 2.24) is 0 Å². The van der Waals surface area contributed by atoms with Crippen molar-refractivity contribution < 1.29 is 17.9 Å². The highest BCUT2D eigenvalue weighted by atomic mass is 32.2. The summed E-state index contributed by atoms with van der Waals surface area (Å²) in [7, 11) is -3.09. The number of anilines is 1. The van der Waals surface area contributed by atoms with Gasteiger partial charge in [-0.25, -0.2) is 8.42 Å². The number of nitrogens with one attached hydrogen (secondary N) is 1. The lowest BCUT2D eigenvalue weighted by molar-refractivity contribution is -0.159. The van der Waals surface area contributed by atoms with Gasteiger partial charge in [0.05, 0.1) is 11.7 Å². The minimum absolute atomic E-state index is 0.00219. The van der Waals surface area contributed by atoms with Crippen LogP contribution in [0.5, 0.6) is 0 Å². The first-order chi connectivity index (χ1) is 10.5. The molecule has 23 heavy (non-hydrogen) atoms. The Morgan fingerprint density at radius 2 is 1.87 bits per heavy atom. The van der Waals surface area contributed by atoms with E-state index >= 15 is 0 Å². The molecule has 0 aliphatic rings. The van der Waals surface area contributed by atoms with Gasteiger partial charge in [0.25, 0.3) is 0 Å². The molecule has 1 unspecified atom stereocenters. The molecule has 6 heteroatoms. The van der Waals surface area contributed by atoms with E-state index in [1.165, 1.54) is 6.26 Å². The summed E-state index contributed by atoms with van der Waals surface area (Å²) in [4.78, 5) is 11.9. The SMILES string of the molecule is CC(CCNc1ccccc1CS(C)(=O)=O)C(=O)OC(C)(C)C. The molecule has 0 amide bonds. The maximum atomic E-state index is 11.9. The summed E-state index contributed by atoms with van der Waals surface area (Å²) in [5, 5.41) is 3.21. The maximum Gasteiger partial charge on any atom is 0.309 e. The Morgan fingerprint density at radius 3 is 2.43 bits per heavy atom. The molecule has 0 bridgehead atoms. The standard InChI is InChI=1S/C17H27NO4S/c1-13(16(19)22-17(2,3)4)10-11-18-15-9-7-6-8-14(15)12-23(5,20)21/h6-9,13,18H,10-12H2,1-5H3. The van der Waals surface area contributed by atoms with Crippen LogP contribution >= 0.6 is 0 Å². The largest absolute Gasteiger partial charge is 0.460 e. The highest BCUT2D eigenvalue weighted by Crippen LogP contribution is 2.19. The van der Waals surface area contributed by atoms with Crippen molar-refractivity contribution in [3.63, 3.8) is 0 Å². The first-order valence-corrected chi connectivity index (χ1v) is 9.76. The predicted octanol–water partition coefficient (Wildman–Crippen LogP) is 3.01. The quantitative estimate of drug-likeness (QED) is 0.772. The monoisotopic (exact) mass is 341 g/mol. The fourth-order valence-corrected chi connectivity index (χ4v) is 2.86. The fraction of sp³-hybridized carbons (Fsp3) is 0.588. The van der Waals surface area contributed by atoms with Crippen molar-refractivity contribution in [3.8, 4) is 0 Å². The highest BCUT2D eigenvalue weighted by Gasteiger charge is 2.21. The molecule has 0 aromatic heterocycles. The van der Waals surface area contributed by atoms with Gasteiger partial charge in [-0.2, -0.15) is 0 Å². The van der Waals surface area contributed by atoms with Crippen LogP contribution in [-0.2, 0) is 25.1 Å². The predicted molar refractivity (Wildman–Crippen MR) is 93.1 cm³/mol. The summed E-state index contributed by atoms with van der Waals surface area (Å²) >= 11 is 0. The molecule has 1 N–H and O–H groups in total. The zero-order chi connectivity index (χ0) is 17.7. The molecular formula is C17H27NO4S. The lowest BCUT2D eigenvalue weighted by Gasteiger charge is -2.22. The number of rotatable bonds is 7. The van der Waals surface area contributed by atoms with E-state index in [0.717, 1.165) is 11.3 Å². The first kappa shape index (κ1) is 19.5. The molecule has 0 heterocycles. The van der Waals surface area contributed by atoms with Gasteiger partial charge in [-0.15, -0.1) is 0 Å². The topological polar surface area (TPSA) is 72.5 Å². The Labute approximate surface area is 139 Å². The smallest absolute Gasteiger partial charge is 0.309 e. The third-order valence-electron chi connectivity index (χ3n) is 3.14. The van der Waals surface area contributed by atoms with Crippen LogP contribution in [0.1, 0.15) is 39.7 Å². The second kappa shape index (κ2) is 7.81. The third-order valence-corrected chi connectivity index (χ3v) is 3.97. The van der Waals surface area contributed by atoms with Crippen LogP contribution in [0, 0.1) is 5.92 Å². The van der Waals surface area contributed by atoms with Gasteiger partial charge in [0, 0.05) is 18.5 Å². The second-order valence-electron chi connectivity index (χ2n) is 6.88. The molecule has 0 aliphatic heterocycles. The number of esters is 1. The van der Waals surface area contributed by atoms with Crippen molar-refractivity contribution >= 4 is 21.5 Å². The normalized spacial score (nSPS) is 13.4. The Kier molecular flexibility index (Phi) is 6.62. The number of hydrogen-bond donors (Lipinski definition) is 1. The van der Waals surface area contributed by atoms with Gasteiger partial charge in [-0.05, 0) is 38.8 Å². The lowest BCUT2D eigenvalue weighted by atomic mass is 10.1. The maximum absolute atomic E-state index is 11.9. The van der Waals surface area contributed by atoms with E-state index in [-0.39, 0.29) is 17.6 Å². The van der Waals surface area contributed by atoms with Crippen molar-refractivity contribution in [2.75, 3.05) is 18.1 Å². The van der Waals surface area contributed by atoms with E-state index in [4.69, 9.17) is 4.74 Å². The average Bonchev–Trinajstić information content (AvgIpc) is 2.36. The Bertz CT molecular complexity index is 632. The van der Waals surface area contributed by atoms with E-state index in [2.05, 4.69) is 5.32 Å². The zero-order valence-corrected chi connectivity index (χ0v) is 15.4. The van der Waals surface area contributed by atoms with Crippen molar-refractivity contribution in [2.24, 2.45) is 5.92 Å². The van der Waals surface area contributed by atoms with E-state index in [0.29, 0.717) is 13.0 Å². The molecule has 0 saturated carbocycles. The molecule has 1 atom stereocenters. The zero-order valence-electron chi connectivity index (χ0n) is 14.5. The van der Waals surface area contributed by atoms with Crippen LogP contribution < -0.4 is 5.32 Å². The molecule has 0 spiro atoms. The van der Waals surface area contributed by atoms with Crippen molar-refractivity contribution in [1.29, 1.82) is 0 Å². The fourth-order valence-electron chi connectivity index (χ4n) is 2.04. The second-order valence-corrected chi connectivity index (χ2v) is 9.02. The van der Waals surface area contributed by atoms with E-state index < -0.39 is 15.4 Å². The number of benzene rings is 1. The van der Waals surface area contributed by atoms with Gasteiger partial charge >= 0.3 is 5.97 Å². The molecule has 1 aromatic rings. The molecule has 0 saturated heterocycles. The number of ether oxygens (including phenoxy) is 1. The van der Waals surface area contributed by atoms with Gasteiger partial charge in [0.2, 0.25) is 0 Å². The van der Waals surface area contributed by atoms with Crippen molar-refractivity contribution in [3.05, 3.63) is 29.8 Å². The van der Waals surface area contributed by atoms with E-state index in [1.54, 1.807) is 6.07 Å². The Morgan fingerprint density at radius 1 is 1.26 bits per heavy atom. The summed E-state index contributed by atoms with van der Waals surface area (Å²) in [5.74, 6) is -0.440. The van der Waals surface area contributed by atoms with Crippen LogP contribution in [0.3, 0.4) is 0 Å². The molecule has 5 nitrogen and oxygen atoms in total. The van der Waals surface area contributed by atoms with Crippen LogP contribution in [0.25, 0.3) is 0 Å². The molecular weight excluding hydrogens is 314 g/mol. The Balaban J connectivity index is 2.58. The van der Waals surface area contributed by atoms with Crippen molar-refractivity contribution in [2.45, 2.75) is 45.5 Å². The lowest BCUT2D eigenvalue weighted by Crippen LogP contribution is -2.28. The highest BCUT2D eigenvalue weighted by molar-refractivity contribution is 7.89. The van der Waals surface area contributed by atoms with Gasteiger partial charge in [-0.3, -0.25) is 4.79 Å². The van der Waals surface area contributed by atoms with Gasteiger partial charge in [-0.1, -0.05) is 25.1 Å². The summed E-state index contributed by atoms with van der Waals surface area (Å²) in [6.45, 7) is 7.94. The van der Waals surface area contributed by atoms with Crippen LogP contribution in [0.4, 0.5) is 5.69 Å². The molecule has 0 aliphatic carbocycles. The summed E-state index contributed by atoms with van der Waals surface area (Å²) in [6, 6.07) is 7.31. The van der Waals surface area contributed by atoms with E-state index in [1.807, 2.05) is 45.9 Å². The van der Waals surface area contributed by atoms with E-state index in [9.17, 15) is 13.2 Å². The number of carbonyl (C=O) groups is 1. The van der Waals surface area contributed by atoms with Crippen LogP contribution in [-0.4, -0.2) is 32.8 Å². The minimum atomic E-state index is -3.09. The van der Waals surface area contributed by atoms with Gasteiger partial charge in [0.15, 0.2) is 9.84 Å². The average molecular weight is 341 g/mol. The summed E-state index contributed by atoms with van der Waals surface area (Å²) in [5.41, 5.74) is 1.04. The summed E-state index contributed by atoms with van der Waals surface area (Å²) in [6.07, 6.45) is 1.83. The molecule has 130 valence electrons. The molecule has 1 aromatic carbocycles. The summed E-state index contributed by atoms with van der Waals surface area (Å²) < 4.78 is 28.3. The first-order valence-electron chi connectivity index (χ1n) is 7.70. The number of sulfone groups is 1. The third kappa shape index (κ3) is 8.02. The van der Waals surface area contributed by atoms with Gasteiger partial charge in [0.1, 0.15) is 5.60 Å². The van der Waals surface area contributed by atoms with Crippen LogP contribution in [0.2, 0.25) is 0 Å². The molecule has 1 rings (SSSR count). The number of carbonyl (C=O) groups excluding carboxylic acids is 1. The van der Waals surface area contributed by atoms with Gasteiger partial charge < -0.3 is 10.1 Å². The Hall–Kier alpha value is -1.56.